The third kappa shape index (κ3) is 1.67. The number of nitrogens with zero attached hydrogens (tertiary/aromatic N) is 2. The van der Waals surface area contributed by atoms with E-state index in [1.54, 1.807) is 0 Å². The Labute approximate surface area is 90.2 Å². The van der Waals surface area contributed by atoms with Crippen LogP contribution in [0.2, 0.25) is 0 Å². The molecule has 1 heterocycles. The minimum Gasteiger partial charge on any atom is -0.264 e. The lowest BCUT2D eigenvalue weighted by Crippen LogP contribution is -1.98. The van der Waals surface area contributed by atoms with Gasteiger partial charge in [0.1, 0.15) is 0 Å². The van der Waals surface area contributed by atoms with Gasteiger partial charge in [-0.1, -0.05) is 31.7 Å². The molecule has 0 bridgehead atoms. The van der Waals surface area contributed by atoms with E-state index in [1.807, 2.05) is 13.0 Å². The summed E-state index contributed by atoms with van der Waals surface area (Å²) in [5.41, 5.74) is 3.26. The van der Waals surface area contributed by atoms with Gasteiger partial charge in [-0.2, -0.15) is 5.10 Å². The molecule has 15 heavy (non-hydrogen) atoms. The van der Waals surface area contributed by atoms with Crippen molar-refractivity contribution >= 4 is 16.5 Å². The molecule has 2 aromatic rings. The van der Waals surface area contributed by atoms with E-state index in [1.165, 1.54) is 10.9 Å². The van der Waals surface area contributed by atoms with E-state index < -0.39 is 0 Å². The molecule has 2 rings (SSSR count). The first-order valence-corrected chi connectivity index (χ1v) is 5.35. The zero-order valence-electron chi connectivity index (χ0n) is 9.33. The lowest BCUT2D eigenvalue weighted by molar-refractivity contribution is 0.620. The Hall–Kier alpha value is -1.57. The van der Waals surface area contributed by atoms with Gasteiger partial charge >= 0.3 is 0 Å². The van der Waals surface area contributed by atoms with Crippen molar-refractivity contribution in [3.05, 3.63) is 36.5 Å². The largest absolute Gasteiger partial charge is 0.264 e. The molecule has 2 heteroatoms. The molecule has 0 radical (unpaired) electrons. The average Bonchev–Trinajstić information content (AvgIpc) is 2.59. The van der Waals surface area contributed by atoms with Gasteiger partial charge < -0.3 is 0 Å². The standard InChI is InChI=1S/C13H16N2/c1-4-9-15-12-8-6-5-7-11(12)13(14-15)10(2)3/h5-8H,2,4,9H2,1,3H3. The third-order valence-corrected chi connectivity index (χ3v) is 2.50. The number of hydrogen-bond acceptors (Lipinski definition) is 1. The molecule has 2 nitrogen and oxygen atoms in total. The molecule has 0 aliphatic rings. The third-order valence-electron chi connectivity index (χ3n) is 2.50. The number of rotatable bonds is 3. The molecule has 0 amide bonds. The fourth-order valence-corrected chi connectivity index (χ4v) is 1.82. The number of para-hydroxylation sites is 1. The van der Waals surface area contributed by atoms with Crippen LogP contribution in [0.5, 0.6) is 0 Å². The SMILES string of the molecule is C=C(C)c1nn(CCC)c2ccccc12. The molecule has 1 aromatic heterocycles. The highest BCUT2D eigenvalue weighted by atomic mass is 15.3. The Morgan fingerprint density at radius 2 is 2.13 bits per heavy atom. The summed E-state index contributed by atoms with van der Waals surface area (Å²) in [6.45, 7) is 9.11. The first-order chi connectivity index (χ1) is 7.24. The number of allylic oxidation sites excluding steroid dienone is 1. The summed E-state index contributed by atoms with van der Waals surface area (Å²) in [6, 6.07) is 8.33. The summed E-state index contributed by atoms with van der Waals surface area (Å²) in [4.78, 5) is 0. The molecule has 0 fully saturated rings. The van der Waals surface area contributed by atoms with E-state index in [4.69, 9.17) is 0 Å². The highest BCUT2D eigenvalue weighted by Crippen LogP contribution is 2.23. The van der Waals surface area contributed by atoms with Crippen LogP contribution in [0.4, 0.5) is 0 Å². The molecule has 0 unspecified atom stereocenters. The van der Waals surface area contributed by atoms with E-state index in [0.29, 0.717) is 0 Å². The minimum absolute atomic E-state index is 0.966. The molecule has 0 saturated carbocycles. The van der Waals surface area contributed by atoms with Crippen LogP contribution in [0.1, 0.15) is 26.0 Å². The van der Waals surface area contributed by atoms with Crippen LogP contribution in [0.25, 0.3) is 16.5 Å². The minimum atomic E-state index is 0.966. The molecular weight excluding hydrogens is 184 g/mol. The van der Waals surface area contributed by atoms with Crippen LogP contribution in [0, 0.1) is 0 Å². The topological polar surface area (TPSA) is 17.8 Å². The van der Waals surface area contributed by atoms with Crippen molar-refractivity contribution in [1.82, 2.24) is 9.78 Å². The van der Waals surface area contributed by atoms with E-state index in [2.05, 4.69) is 41.5 Å². The smallest absolute Gasteiger partial charge is 0.0952 e. The Morgan fingerprint density at radius 1 is 1.40 bits per heavy atom. The van der Waals surface area contributed by atoms with Gasteiger partial charge in [0.15, 0.2) is 0 Å². The predicted molar refractivity (Wildman–Crippen MR) is 64.7 cm³/mol. The second-order valence-electron chi connectivity index (χ2n) is 3.87. The number of benzene rings is 1. The van der Waals surface area contributed by atoms with E-state index in [9.17, 15) is 0 Å². The summed E-state index contributed by atoms with van der Waals surface area (Å²) in [7, 11) is 0. The maximum Gasteiger partial charge on any atom is 0.0952 e. The molecule has 0 aliphatic heterocycles. The lowest BCUT2D eigenvalue weighted by Gasteiger charge is -1.98. The van der Waals surface area contributed by atoms with Gasteiger partial charge in [-0.25, -0.2) is 0 Å². The first kappa shape index (κ1) is 9.97. The highest BCUT2D eigenvalue weighted by Gasteiger charge is 2.09. The van der Waals surface area contributed by atoms with Crippen LogP contribution in [-0.4, -0.2) is 9.78 Å². The van der Waals surface area contributed by atoms with Crippen molar-refractivity contribution in [3.8, 4) is 0 Å². The second kappa shape index (κ2) is 3.89. The van der Waals surface area contributed by atoms with E-state index in [0.717, 1.165) is 24.2 Å². The predicted octanol–water partition coefficient (Wildman–Crippen LogP) is 3.48. The van der Waals surface area contributed by atoms with Crippen molar-refractivity contribution in [2.24, 2.45) is 0 Å². The molecule has 0 aliphatic carbocycles. The van der Waals surface area contributed by atoms with Crippen LogP contribution in [0.3, 0.4) is 0 Å². The Balaban J connectivity index is 2.67. The van der Waals surface area contributed by atoms with Crippen LogP contribution >= 0.6 is 0 Å². The fourth-order valence-electron chi connectivity index (χ4n) is 1.82. The quantitative estimate of drug-likeness (QED) is 0.741. The van der Waals surface area contributed by atoms with Gasteiger partial charge in [0, 0.05) is 11.9 Å². The molecule has 0 atom stereocenters. The second-order valence-corrected chi connectivity index (χ2v) is 3.87. The lowest BCUT2D eigenvalue weighted by atomic mass is 10.1. The fraction of sp³-hybridized carbons (Fsp3) is 0.308. The zero-order valence-corrected chi connectivity index (χ0v) is 9.33. The molecule has 0 N–H and O–H groups in total. The van der Waals surface area contributed by atoms with E-state index >= 15 is 0 Å². The summed E-state index contributed by atoms with van der Waals surface area (Å²) in [6.07, 6.45) is 1.10. The van der Waals surface area contributed by atoms with Gasteiger partial charge in [0.2, 0.25) is 0 Å². The molecule has 1 aromatic carbocycles. The number of fused-ring (bicyclic) bond motifs is 1. The van der Waals surface area contributed by atoms with Crippen molar-refractivity contribution in [1.29, 1.82) is 0 Å². The number of aryl methyl sites for hydroxylation is 1. The maximum atomic E-state index is 4.60. The van der Waals surface area contributed by atoms with Crippen molar-refractivity contribution in [2.45, 2.75) is 26.8 Å². The molecule has 0 saturated heterocycles. The first-order valence-electron chi connectivity index (χ1n) is 5.35. The average molecular weight is 200 g/mol. The van der Waals surface area contributed by atoms with Gasteiger partial charge in [-0.15, -0.1) is 0 Å². The number of hydrogen-bond donors (Lipinski definition) is 0. The van der Waals surface area contributed by atoms with Crippen LogP contribution < -0.4 is 0 Å². The Kier molecular flexibility index (Phi) is 2.58. The van der Waals surface area contributed by atoms with E-state index in [-0.39, 0.29) is 0 Å². The number of aromatic nitrogens is 2. The summed E-state index contributed by atoms with van der Waals surface area (Å²) >= 11 is 0. The summed E-state index contributed by atoms with van der Waals surface area (Å²) in [5, 5.41) is 5.80. The van der Waals surface area contributed by atoms with Crippen molar-refractivity contribution in [3.63, 3.8) is 0 Å². The zero-order chi connectivity index (χ0) is 10.8. The Bertz CT molecular complexity index is 494. The molecule has 78 valence electrons. The monoisotopic (exact) mass is 200 g/mol. The van der Waals surface area contributed by atoms with Gasteiger partial charge in [0.25, 0.3) is 0 Å². The summed E-state index contributed by atoms with van der Waals surface area (Å²) < 4.78 is 2.07. The van der Waals surface area contributed by atoms with Gasteiger partial charge in [-0.05, 0) is 25.0 Å². The summed E-state index contributed by atoms with van der Waals surface area (Å²) in [5.74, 6) is 0. The molecule has 0 spiro atoms. The Morgan fingerprint density at radius 3 is 2.80 bits per heavy atom. The highest BCUT2D eigenvalue weighted by molar-refractivity contribution is 5.89. The van der Waals surface area contributed by atoms with Crippen molar-refractivity contribution < 1.29 is 0 Å². The maximum absolute atomic E-state index is 4.60. The van der Waals surface area contributed by atoms with Crippen LogP contribution in [-0.2, 0) is 6.54 Å². The van der Waals surface area contributed by atoms with Crippen LogP contribution in [0.15, 0.2) is 30.8 Å². The van der Waals surface area contributed by atoms with Gasteiger partial charge in [-0.3, -0.25) is 4.68 Å². The van der Waals surface area contributed by atoms with Crippen molar-refractivity contribution in [2.75, 3.05) is 0 Å². The molecular formula is C13H16N2. The van der Waals surface area contributed by atoms with Gasteiger partial charge in [0.05, 0.1) is 11.2 Å². The normalized spacial score (nSPS) is 10.8.